The van der Waals surface area contributed by atoms with E-state index >= 15 is 0 Å². The fraction of sp³-hybridized carbons (Fsp3) is 0.235. The summed E-state index contributed by atoms with van der Waals surface area (Å²) >= 11 is 0. The Balaban J connectivity index is 2.20. The van der Waals surface area contributed by atoms with Gasteiger partial charge in [0.25, 0.3) is 10.0 Å². The van der Waals surface area contributed by atoms with E-state index in [0.29, 0.717) is 5.69 Å². The van der Waals surface area contributed by atoms with Gasteiger partial charge in [-0.2, -0.15) is 0 Å². The second kappa shape index (κ2) is 6.52. The molecule has 0 heterocycles. The first-order chi connectivity index (χ1) is 11.1. The quantitative estimate of drug-likeness (QED) is 0.740. The number of nitrogens with one attached hydrogen (secondary N) is 2. The van der Waals surface area contributed by atoms with Gasteiger partial charge in [-0.15, -0.1) is 0 Å². The molecule has 0 spiro atoms. The number of hydrogen-bond donors (Lipinski definition) is 3. The van der Waals surface area contributed by atoms with Crippen LogP contribution in [-0.2, 0) is 14.8 Å². The number of rotatable bonds is 4. The summed E-state index contributed by atoms with van der Waals surface area (Å²) < 4.78 is 26.8. The molecule has 3 N–H and O–H groups in total. The minimum atomic E-state index is -3.79. The third kappa shape index (κ3) is 4.26. The van der Waals surface area contributed by atoms with Gasteiger partial charge in [0.1, 0.15) is 5.75 Å². The topological polar surface area (TPSA) is 95.5 Å². The van der Waals surface area contributed by atoms with Crippen molar-refractivity contribution in [2.45, 2.75) is 25.7 Å². The van der Waals surface area contributed by atoms with Gasteiger partial charge < -0.3 is 10.4 Å². The molecule has 2 aromatic rings. The van der Waals surface area contributed by atoms with Crippen LogP contribution in [0.3, 0.4) is 0 Å². The second-order valence-corrected chi connectivity index (χ2v) is 8.04. The van der Waals surface area contributed by atoms with Gasteiger partial charge in [-0.05, 0) is 24.3 Å². The lowest BCUT2D eigenvalue weighted by atomic mass is 9.95. The van der Waals surface area contributed by atoms with Crippen molar-refractivity contribution in [2.24, 2.45) is 5.41 Å². The van der Waals surface area contributed by atoms with Crippen LogP contribution in [-0.4, -0.2) is 19.4 Å². The first kappa shape index (κ1) is 17.8. The van der Waals surface area contributed by atoms with E-state index in [4.69, 9.17) is 0 Å². The molecule has 24 heavy (non-hydrogen) atoms. The lowest BCUT2D eigenvalue weighted by molar-refractivity contribution is -0.123. The zero-order valence-corrected chi connectivity index (χ0v) is 14.5. The number of carbonyl (C=O) groups excluding carboxylic acids is 1. The molecule has 0 aromatic heterocycles. The zero-order chi connectivity index (χ0) is 18.0. The maximum absolute atomic E-state index is 12.3. The lowest BCUT2D eigenvalue weighted by Gasteiger charge is -2.18. The lowest BCUT2D eigenvalue weighted by Crippen LogP contribution is -2.27. The highest BCUT2D eigenvalue weighted by atomic mass is 32.2. The van der Waals surface area contributed by atoms with Gasteiger partial charge in [0.2, 0.25) is 5.91 Å². The van der Waals surface area contributed by atoms with Gasteiger partial charge in [0, 0.05) is 17.2 Å². The van der Waals surface area contributed by atoms with Crippen LogP contribution in [0.4, 0.5) is 11.4 Å². The number of carbonyl (C=O) groups is 1. The van der Waals surface area contributed by atoms with E-state index in [2.05, 4.69) is 10.0 Å². The van der Waals surface area contributed by atoms with Crippen LogP contribution in [0, 0.1) is 5.41 Å². The molecule has 2 rings (SSSR count). The predicted molar refractivity (Wildman–Crippen MR) is 93.4 cm³/mol. The maximum Gasteiger partial charge on any atom is 0.262 e. The van der Waals surface area contributed by atoms with Crippen molar-refractivity contribution >= 4 is 27.3 Å². The van der Waals surface area contributed by atoms with Gasteiger partial charge in [0.15, 0.2) is 0 Å². The van der Waals surface area contributed by atoms with Crippen LogP contribution < -0.4 is 10.0 Å². The van der Waals surface area contributed by atoms with Gasteiger partial charge in [-0.1, -0.05) is 39.0 Å². The summed E-state index contributed by atoms with van der Waals surface area (Å²) in [6.45, 7) is 5.31. The summed E-state index contributed by atoms with van der Waals surface area (Å²) in [5, 5.41) is 12.7. The Labute approximate surface area is 141 Å². The van der Waals surface area contributed by atoms with Gasteiger partial charge >= 0.3 is 0 Å². The molecule has 2 aromatic carbocycles. The summed E-state index contributed by atoms with van der Waals surface area (Å²) in [6.07, 6.45) is 0. The maximum atomic E-state index is 12.3. The predicted octanol–water partition coefficient (Wildman–Crippen LogP) is 3.18. The number of sulfonamides is 1. The fourth-order valence-corrected chi connectivity index (χ4v) is 2.91. The van der Waals surface area contributed by atoms with Crippen molar-refractivity contribution < 1.29 is 18.3 Å². The Morgan fingerprint density at radius 3 is 2.21 bits per heavy atom. The molecule has 0 unspecified atom stereocenters. The first-order valence-electron chi connectivity index (χ1n) is 7.32. The van der Waals surface area contributed by atoms with Crippen LogP contribution in [0.2, 0.25) is 0 Å². The van der Waals surface area contributed by atoms with Crippen molar-refractivity contribution in [3.05, 3.63) is 48.5 Å². The first-order valence-corrected chi connectivity index (χ1v) is 8.80. The molecule has 1 amide bonds. The molecule has 0 atom stereocenters. The van der Waals surface area contributed by atoms with Gasteiger partial charge in [-0.3, -0.25) is 9.52 Å². The molecular weight excluding hydrogens is 328 g/mol. The van der Waals surface area contributed by atoms with Crippen molar-refractivity contribution in [2.75, 3.05) is 10.0 Å². The average Bonchev–Trinajstić information content (AvgIpc) is 2.50. The Bertz CT molecular complexity index is 841. The zero-order valence-electron chi connectivity index (χ0n) is 13.7. The van der Waals surface area contributed by atoms with Crippen LogP contribution in [0.1, 0.15) is 20.8 Å². The molecule has 0 fully saturated rings. The summed E-state index contributed by atoms with van der Waals surface area (Å²) in [5.74, 6) is -0.485. The van der Waals surface area contributed by atoms with E-state index in [1.54, 1.807) is 39.0 Å². The van der Waals surface area contributed by atoms with Crippen molar-refractivity contribution in [1.82, 2.24) is 0 Å². The number of benzene rings is 2. The van der Waals surface area contributed by atoms with Crippen molar-refractivity contribution in [3.63, 3.8) is 0 Å². The SMILES string of the molecule is CC(C)(C)C(=O)Nc1ccc(NS(=O)(=O)c2ccccc2)c(O)c1. The van der Waals surface area contributed by atoms with Crippen molar-refractivity contribution in [1.29, 1.82) is 0 Å². The Morgan fingerprint density at radius 2 is 1.67 bits per heavy atom. The van der Waals surface area contributed by atoms with E-state index in [1.165, 1.54) is 30.3 Å². The van der Waals surface area contributed by atoms with Gasteiger partial charge in [-0.25, -0.2) is 8.42 Å². The molecule has 6 nitrogen and oxygen atoms in total. The highest BCUT2D eigenvalue weighted by Crippen LogP contribution is 2.29. The Morgan fingerprint density at radius 1 is 1.04 bits per heavy atom. The number of phenols is 1. The van der Waals surface area contributed by atoms with Crippen LogP contribution in [0.15, 0.2) is 53.4 Å². The van der Waals surface area contributed by atoms with E-state index < -0.39 is 15.4 Å². The smallest absolute Gasteiger partial charge is 0.262 e. The Kier molecular flexibility index (Phi) is 4.84. The summed E-state index contributed by atoms with van der Waals surface area (Å²) in [7, 11) is -3.79. The molecule has 0 saturated carbocycles. The molecule has 0 aliphatic rings. The number of phenolic OH excluding ortho intramolecular Hbond substituents is 1. The largest absolute Gasteiger partial charge is 0.506 e. The highest BCUT2D eigenvalue weighted by Gasteiger charge is 2.22. The second-order valence-electron chi connectivity index (χ2n) is 6.35. The average molecular weight is 348 g/mol. The highest BCUT2D eigenvalue weighted by molar-refractivity contribution is 7.92. The molecule has 0 radical (unpaired) electrons. The molecule has 7 heteroatoms. The third-order valence-corrected chi connectivity index (χ3v) is 4.62. The van der Waals surface area contributed by atoms with Crippen molar-refractivity contribution in [3.8, 4) is 5.75 Å². The van der Waals surface area contributed by atoms with E-state index in [-0.39, 0.29) is 22.2 Å². The summed E-state index contributed by atoms with van der Waals surface area (Å²) in [4.78, 5) is 12.0. The van der Waals surface area contributed by atoms with Crippen LogP contribution in [0.5, 0.6) is 5.75 Å². The molecule has 0 saturated heterocycles. The van der Waals surface area contributed by atoms with E-state index in [1.807, 2.05) is 0 Å². The number of anilines is 2. The normalized spacial score (nSPS) is 11.8. The van der Waals surface area contributed by atoms with Crippen LogP contribution in [0.25, 0.3) is 0 Å². The molecule has 0 bridgehead atoms. The third-order valence-electron chi connectivity index (χ3n) is 3.23. The monoisotopic (exact) mass is 348 g/mol. The Hall–Kier alpha value is -2.54. The number of amides is 1. The van der Waals surface area contributed by atoms with Gasteiger partial charge in [0.05, 0.1) is 10.6 Å². The number of aromatic hydroxyl groups is 1. The van der Waals surface area contributed by atoms with E-state index in [0.717, 1.165) is 0 Å². The van der Waals surface area contributed by atoms with E-state index in [9.17, 15) is 18.3 Å². The molecular formula is C17H20N2O4S. The minimum Gasteiger partial charge on any atom is -0.506 e. The molecule has 0 aliphatic heterocycles. The van der Waals surface area contributed by atoms with Crippen LogP contribution >= 0.6 is 0 Å². The number of hydrogen-bond acceptors (Lipinski definition) is 4. The standard InChI is InChI=1S/C17H20N2O4S/c1-17(2,3)16(21)18-12-9-10-14(15(20)11-12)19-24(22,23)13-7-5-4-6-8-13/h4-11,19-20H,1-3H3,(H,18,21). The molecule has 0 aliphatic carbocycles. The summed E-state index contributed by atoms with van der Waals surface area (Å²) in [6, 6.07) is 12.1. The minimum absolute atomic E-state index is 0.0348. The molecule has 128 valence electrons. The fourth-order valence-electron chi connectivity index (χ4n) is 1.82. The summed E-state index contributed by atoms with van der Waals surface area (Å²) in [5.41, 5.74) is -0.161.